The smallest absolute Gasteiger partial charge is 0.354 e. The van der Waals surface area contributed by atoms with Gasteiger partial charge in [0.05, 0.1) is 25.3 Å². The zero-order chi connectivity index (χ0) is 19.3. The lowest BCUT2D eigenvalue weighted by Crippen LogP contribution is -2.22. The minimum Gasteiger partial charge on any atom is -0.477 e. The van der Waals surface area contributed by atoms with Crippen LogP contribution in [0, 0.1) is 0 Å². The number of methoxy groups -OCH3 is 2. The summed E-state index contributed by atoms with van der Waals surface area (Å²) in [6, 6.07) is 5.15. The molecule has 0 aliphatic carbocycles. The highest BCUT2D eigenvalue weighted by Gasteiger charge is 2.17. The van der Waals surface area contributed by atoms with Crippen molar-refractivity contribution in [3.8, 4) is 0 Å². The fraction of sp³-hybridized carbons (Fsp3) is 0.188. The van der Waals surface area contributed by atoms with Crippen molar-refractivity contribution >= 4 is 29.5 Å². The average molecular weight is 361 g/mol. The number of aromatic nitrogens is 2. The molecule has 0 bridgehead atoms. The minimum atomic E-state index is -1.23. The highest BCUT2D eigenvalue weighted by molar-refractivity contribution is 5.99. The Labute approximate surface area is 147 Å². The van der Waals surface area contributed by atoms with E-state index in [1.807, 2.05) is 0 Å². The minimum absolute atomic E-state index is 0.0380. The molecule has 1 heterocycles. The quantitative estimate of drug-likeness (QED) is 0.721. The number of hydrogen-bond acceptors (Lipinski definition) is 7. The summed E-state index contributed by atoms with van der Waals surface area (Å²) in [4.78, 5) is 46.6. The Balaban J connectivity index is 2.25. The van der Waals surface area contributed by atoms with Crippen molar-refractivity contribution in [1.82, 2.24) is 9.78 Å². The molecule has 10 heteroatoms. The van der Waals surface area contributed by atoms with Gasteiger partial charge in [0.15, 0.2) is 0 Å². The van der Waals surface area contributed by atoms with Gasteiger partial charge in [-0.2, -0.15) is 5.10 Å². The van der Waals surface area contributed by atoms with Crippen molar-refractivity contribution < 1.29 is 33.8 Å². The second-order valence-corrected chi connectivity index (χ2v) is 5.01. The Kier molecular flexibility index (Phi) is 5.68. The van der Waals surface area contributed by atoms with E-state index in [2.05, 4.69) is 19.9 Å². The van der Waals surface area contributed by atoms with E-state index in [0.717, 1.165) is 4.68 Å². The Hall–Kier alpha value is -3.69. The summed E-state index contributed by atoms with van der Waals surface area (Å²) in [5.74, 6) is -3.23. The van der Waals surface area contributed by atoms with Crippen LogP contribution in [0.3, 0.4) is 0 Å². The van der Waals surface area contributed by atoms with Gasteiger partial charge >= 0.3 is 17.9 Å². The first-order valence-corrected chi connectivity index (χ1v) is 7.22. The number of carboxylic acid groups (broad SMARTS) is 1. The molecular weight excluding hydrogens is 346 g/mol. The van der Waals surface area contributed by atoms with Crippen LogP contribution in [0.5, 0.6) is 0 Å². The lowest BCUT2D eigenvalue weighted by Gasteiger charge is -2.10. The van der Waals surface area contributed by atoms with Crippen LogP contribution in [0.2, 0.25) is 0 Å². The molecule has 0 saturated carbocycles. The van der Waals surface area contributed by atoms with E-state index in [9.17, 15) is 19.2 Å². The van der Waals surface area contributed by atoms with Crippen LogP contribution in [-0.4, -0.2) is 52.9 Å². The van der Waals surface area contributed by atoms with Gasteiger partial charge in [0.1, 0.15) is 12.2 Å². The zero-order valence-corrected chi connectivity index (χ0v) is 13.9. The molecule has 0 aliphatic heterocycles. The molecule has 0 spiro atoms. The molecule has 1 aromatic carbocycles. The molecule has 10 nitrogen and oxygen atoms in total. The summed E-state index contributed by atoms with van der Waals surface area (Å²) in [6.07, 6.45) is 1.25. The number of carboxylic acids is 1. The molecule has 0 fully saturated rings. The molecule has 0 atom stereocenters. The summed E-state index contributed by atoms with van der Waals surface area (Å²) >= 11 is 0. The second-order valence-electron chi connectivity index (χ2n) is 5.01. The fourth-order valence-electron chi connectivity index (χ4n) is 2.15. The predicted octanol–water partition coefficient (Wildman–Crippen LogP) is 0.793. The number of carbonyl (C=O) groups excluding carboxylic acids is 3. The molecule has 26 heavy (non-hydrogen) atoms. The van der Waals surface area contributed by atoms with Crippen LogP contribution in [-0.2, 0) is 20.8 Å². The number of benzene rings is 1. The largest absolute Gasteiger partial charge is 0.477 e. The van der Waals surface area contributed by atoms with Crippen molar-refractivity contribution in [2.45, 2.75) is 6.54 Å². The second kappa shape index (κ2) is 7.92. The van der Waals surface area contributed by atoms with Crippen molar-refractivity contribution in [1.29, 1.82) is 0 Å². The van der Waals surface area contributed by atoms with E-state index < -0.39 is 23.8 Å². The van der Waals surface area contributed by atoms with Gasteiger partial charge in [0.2, 0.25) is 5.91 Å². The van der Waals surface area contributed by atoms with Gasteiger partial charge in [-0.25, -0.2) is 19.1 Å². The van der Waals surface area contributed by atoms with Crippen molar-refractivity contribution in [3.63, 3.8) is 0 Å². The third-order valence-corrected chi connectivity index (χ3v) is 3.29. The number of amides is 1. The number of anilines is 1. The normalized spacial score (nSPS) is 10.1. The molecule has 0 saturated heterocycles. The van der Waals surface area contributed by atoms with Gasteiger partial charge in [-0.1, -0.05) is 0 Å². The van der Waals surface area contributed by atoms with Gasteiger partial charge < -0.3 is 19.9 Å². The van der Waals surface area contributed by atoms with E-state index in [1.54, 1.807) is 0 Å². The van der Waals surface area contributed by atoms with Crippen molar-refractivity contribution in [3.05, 3.63) is 47.3 Å². The van der Waals surface area contributed by atoms with Gasteiger partial charge in [-0.15, -0.1) is 0 Å². The molecule has 0 radical (unpaired) electrons. The Morgan fingerprint density at radius 1 is 1.08 bits per heavy atom. The summed E-state index contributed by atoms with van der Waals surface area (Å²) < 4.78 is 10.2. The number of hydrogen-bond donors (Lipinski definition) is 2. The average Bonchev–Trinajstić information content (AvgIpc) is 3.08. The van der Waals surface area contributed by atoms with E-state index in [1.165, 1.54) is 44.7 Å². The number of nitrogens with zero attached hydrogens (tertiary/aromatic N) is 2. The van der Waals surface area contributed by atoms with Gasteiger partial charge in [-0.05, 0) is 24.3 Å². The molecule has 136 valence electrons. The van der Waals surface area contributed by atoms with Crippen LogP contribution in [0.4, 0.5) is 5.69 Å². The third-order valence-electron chi connectivity index (χ3n) is 3.29. The highest BCUT2D eigenvalue weighted by atomic mass is 16.5. The Morgan fingerprint density at radius 3 is 2.15 bits per heavy atom. The van der Waals surface area contributed by atoms with Crippen LogP contribution in [0.25, 0.3) is 0 Å². The number of nitrogens with one attached hydrogen (secondary N) is 1. The van der Waals surface area contributed by atoms with Crippen LogP contribution >= 0.6 is 0 Å². The molecule has 2 rings (SSSR count). The molecule has 0 unspecified atom stereocenters. The number of ether oxygens (including phenoxy) is 2. The lowest BCUT2D eigenvalue weighted by atomic mass is 10.1. The first-order valence-electron chi connectivity index (χ1n) is 7.22. The standard InChI is InChI=1S/C16H15N3O7/c1-25-15(23)9-5-10(16(24)26-2)7-11(6-9)18-13(20)8-19-12(14(21)22)3-4-17-19/h3-7H,8H2,1-2H3,(H,18,20)(H,21,22). The molecular formula is C16H15N3O7. The highest BCUT2D eigenvalue weighted by Crippen LogP contribution is 2.17. The summed E-state index contributed by atoms with van der Waals surface area (Å²) in [6.45, 7) is -0.370. The van der Waals surface area contributed by atoms with Gasteiger partial charge in [0, 0.05) is 11.9 Å². The third kappa shape index (κ3) is 4.23. The molecule has 2 aromatic rings. The van der Waals surface area contributed by atoms with Gasteiger partial charge in [0.25, 0.3) is 0 Å². The SMILES string of the molecule is COC(=O)c1cc(NC(=O)Cn2nccc2C(=O)O)cc(C(=O)OC)c1. The molecule has 1 amide bonds. The monoisotopic (exact) mass is 361 g/mol. The van der Waals surface area contributed by atoms with Crippen LogP contribution in [0.1, 0.15) is 31.2 Å². The summed E-state index contributed by atoms with van der Waals surface area (Å²) in [5, 5.41) is 15.3. The number of esters is 2. The van der Waals surface area contributed by atoms with E-state index >= 15 is 0 Å². The Morgan fingerprint density at radius 2 is 1.65 bits per heavy atom. The first kappa shape index (κ1) is 18.6. The van der Waals surface area contributed by atoms with Crippen LogP contribution < -0.4 is 5.32 Å². The lowest BCUT2D eigenvalue weighted by molar-refractivity contribution is -0.116. The van der Waals surface area contributed by atoms with Crippen LogP contribution in [0.15, 0.2) is 30.5 Å². The van der Waals surface area contributed by atoms with Crippen molar-refractivity contribution in [2.75, 3.05) is 19.5 Å². The molecule has 2 N–H and O–H groups in total. The first-order chi connectivity index (χ1) is 12.3. The maximum absolute atomic E-state index is 12.2. The molecule has 1 aromatic heterocycles. The fourth-order valence-corrected chi connectivity index (χ4v) is 2.15. The maximum Gasteiger partial charge on any atom is 0.354 e. The van der Waals surface area contributed by atoms with E-state index in [-0.39, 0.29) is 29.1 Å². The number of aromatic carboxylic acids is 1. The molecule has 0 aliphatic rings. The topological polar surface area (TPSA) is 137 Å². The van der Waals surface area contributed by atoms with E-state index in [0.29, 0.717) is 0 Å². The maximum atomic E-state index is 12.2. The zero-order valence-electron chi connectivity index (χ0n) is 13.9. The number of carbonyl (C=O) groups is 4. The number of rotatable bonds is 6. The summed E-state index contributed by atoms with van der Waals surface area (Å²) in [5.41, 5.74) is 0.0630. The summed E-state index contributed by atoms with van der Waals surface area (Å²) in [7, 11) is 2.35. The van der Waals surface area contributed by atoms with E-state index in [4.69, 9.17) is 5.11 Å². The predicted molar refractivity (Wildman–Crippen MR) is 86.9 cm³/mol. The van der Waals surface area contributed by atoms with Gasteiger partial charge in [-0.3, -0.25) is 4.79 Å². The van der Waals surface area contributed by atoms with Crippen molar-refractivity contribution in [2.24, 2.45) is 0 Å². The Bertz CT molecular complexity index is 838.